The van der Waals surface area contributed by atoms with Crippen LogP contribution in [-0.4, -0.2) is 23.6 Å². The van der Waals surface area contributed by atoms with Gasteiger partial charge in [0.05, 0.1) is 0 Å². The van der Waals surface area contributed by atoms with E-state index in [2.05, 4.69) is 27.7 Å². The van der Waals surface area contributed by atoms with Gasteiger partial charge in [-0.2, -0.15) is 0 Å². The number of rotatable bonds is 5. The Labute approximate surface area is 152 Å². The van der Waals surface area contributed by atoms with Gasteiger partial charge in [-0.15, -0.1) is 0 Å². The molecule has 0 aliphatic heterocycles. The van der Waals surface area contributed by atoms with Crippen LogP contribution < -0.4 is 0 Å². The molecule has 0 saturated heterocycles. The van der Waals surface area contributed by atoms with Gasteiger partial charge >= 0.3 is 0 Å². The van der Waals surface area contributed by atoms with Gasteiger partial charge in [0.2, 0.25) is 0 Å². The summed E-state index contributed by atoms with van der Waals surface area (Å²) in [5, 5.41) is 16.0. The van der Waals surface area contributed by atoms with Crippen LogP contribution in [0, 0.1) is 11.8 Å². The minimum absolute atomic E-state index is 0.345. The number of phenols is 1. The van der Waals surface area contributed by atoms with Crippen molar-refractivity contribution in [1.82, 2.24) is 0 Å². The molecule has 0 fully saturated rings. The lowest BCUT2D eigenvalue weighted by Gasteiger charge is -2.03. The summed E-state index contributed by atoms with van der Waals surface area (Å²) >= 11 is 0. The molecule has 0 unspecified atom stereocenters. The fourth-order valence-electron chi connectivity index (χ4n) is 2.31. The van der Waals surface area contributed by atoms with Crippen LogP contribution in [0.4, 0.5) is 0 Å². The van der Waals surface area contributed by atoms with Crippen LogP contribution in [0.15, 0.2) is 48.5 Å². The predicted molar refractivity (Wildman–Crippen MR) is 105 cm³/mol. The van der Waals surface area contributed by atoms with Crippen molar-refractivity contribution in [2.75, 3.05) is 7.11 Å². The SMILES string of the molecule is CC(C)Cc1ccc(C=O)cc1.CC(C)Cc1ccc(O)cc1.CO. The predicted octanol–water partition coefficient (Wildman–Crippen LogP) is 4.90. The van der Waals surface area contributed by atoms with Gasteiger partial charge < -0.3 is 10.2 Å². The molecule has 138 valence electrons. The lowest BCUT2D eigenvalue weighted by atomic mass is 10.0. The monoisotopic (exact) mass is 344 g/mol. The molecule has 3 nitrogen and oxygen atoms in total. The lowest BCUT2D eigenvalue weighted by Crippen LogP contribution is -1.93. The zero-order valence-electron chi connectivity index (χ0n) is 16.1. The highest BCUT2D eigenvalue weighted by molar-refractivity contribution is 5.74. The summed E-state index contributed by atoms with van der Waals surface area (Å²) in [5.41, 5.74) is 3.34. The van der Waals surface area contributed by atoms with Gasteiger partial charge in [-0.3, -0.25) is 4.79 Å². The van der Waals surface area contributed by atoms with Crippen molar-refractivity contribution >= 4 is 6.29 Å². The van der Waals surface area contributed by atoms with Gasteiger partial charge in [0.15, 0.2) is 0 Å². The molecule has 0 aliphatic carbocycles. The Morgan fingerprint density at radius 2 is 1.12 bits per heavy atom. The van der Waals surface area contributed by atoms with Crippen molar-refractivity contribution in [3.63, 3.8) is 0 Å². The molecule has 2 rings (SSSR count). The van der Waals surface area contributed by atoms with Crippen LogP contribution >= 0.6 is 0 Å². The molecule has 0 aromatic heterocycles. The van der Waals surface area contributed by atoms with Crippen molar-refractivity contribution in [3.05, 3.63) is 65.2 Å². The summed E-state index contributed by atoms with van der Waals surface area (Å²) < 4.78 is 0. The van der Waals surface area contributed by atoms with E-state index in [1.807, 2.05) is 36.4 Å². The van der Waals surface area contributed by atoms with Crippen LogP contribution in [-0.2, 0) is 12.8 Å². The molecular formula is C22H32O3. The second-order valence-corrected chi connectivity index (χ2v) is 6.72. The third-order valence-electron chi connectivity index (χ3n) is 3.34. The number of aromatic hydroxyl groups is 1. The van der Waals surface area contributed by atoms with Gasteiger partial charge in [0.25, 0.3) is 0 Å². The molecule has 0 spiro atoms. The summed E-state index contributed by atoms with van der Waals surface area (Å²) in [4.78, 5) is 10.3. The second kappa shape index (κ2) is 13.2. The Bertz CT molecular complexity index is 569. The fraction of sp³-hybridized carbons (Fsp3) is 0.409. The Kier molecular flexibility index (Phi) is 12.1. The number of hydrogen-bond donors (Lipinski definition) is 2. The number of aliphatic hydroxyl groups excluding tert-OH is 1. The molecule has 2 N–H and O–H groups in total. The molecule has 2 aromatic carbocycles. The summed E-state index contributed by atoms with van der Waals surface area (Å²) in [6, 6.07) is 15.2. The smallest absolute Gasteiger partial charge is 0.150 e. The molecule has 25 heavy (non-hydrogen) atoms. The summed E-state index contributed by atoms with van der Waals surface area (Å²) in [7, 11) is 1.00. The number of aldehydes is 1. The maximum atomic E-state index is 10.3. The summed E-state index contributed by atoms with van der Waals surface area (Å²) in [6.07, 6.45) is 3.04. The molecule has 0 aliphatic rings. The zero-order valence-corrected chi connectivity index (χ0v) is 16.1. The molecule has 0 saturated carbocycles. The molecule has 2 aromatic rings. The van der Waals surface area contributed by atoms with E-state index >= 15 is 0 Å². The lowest BCUT2D eigenvalue weighted by molar-refractivity contribution is 0.112. The molecular weight excluding hydrogens is 312 g/mol. The molecule has 3 heteroatoms. The quantitative estimate of drug-likeness (QED) is 0.759. The van der Waals surface area contributed by atoms with Crippen molar-refractivity contribution in [3.8, 4) is 5.75 Å². The van der Waals surface area contributed by atoms with Gasteiger partial charge in [0, 0.05) is 12.7 Å². The van der Waals surface area contributed by atoms with E-state index in [-0.39, 0.29) is 0 Å². The van der Waals surface area contributed by atoms with Crippen LogP contribution in [0.3, 0.4) is 0 Å². The average Bonchev–Trinajstić information content (AvgIpc) is 2.59. The Balaban J connectivity index is 0.000000421. The first-order valence-corrected chi connectivity index (χ1v) is 8.67. The zero-order chi connectivity index (χ0) is 19.2. The van der Waals surface area contributed by atoms with Crippen molar-refractivity contribution in [1.29, 1.82) is 0 Å². The highest BCUT2D eigenvalue weighted by Gasteiger charge is 1.97. The van der Waals surface area contributed by atoms with Crippen LogP contribution in [0.2, 0.25) is 0 Å². The van der Waals surface area contributed by atoms with Crippen molar-refractivity contribution in [2.24, 2.45) is 11.8 Å². The van der Waals surface area contributed by atoms with E-state index < -0.39 is 0 Å². The van der Waals surface area contributed by atoms with Gasteiger partial charge in [0.1, 0.15) is 12.0 Å². The second-order valence-electron chi connectivity index (χ2n) is 6.72. The highest BCUT2D eigenvalue weighted by Crippen LogP contribution is 2.12. The number of carbonyl (C=O) groups excluding carboxylic acids is 1. The normalized spacial score (nSPS) is 9.76. The Hall–Kier alpha value is -2.13. The third kappa shape index (κ3) is 11.1. The number of aliphatic hydroxyl groups is 1. The summed E-state index contributed by atoms with van der Waals surface area (Å²) in [5.74, 6) is 1.70. The first-order chi connectivity index (χ1) is 11.9. The maximum Gasteiger partial charge on any atom is 0.150 e. The standard InChI is InChI=1S/C11H14O.C10H14O.CH4O/c1-9(2)7-10-3-5-11(8-12)6-4-10;1-8(2)7-9-3-5-10(11)6-4-9;1-2/h3-6,8-9H,7H2,1-2H3;3-6,8,11H,7H2,1-2H3;2H,1H3. The van der Waals surface area contributed by atoms with Gasteiger partial charge in [-0.25, -0.2) is 0 Å². The van der Waals surface area contributed by atoms with E-state index in [1.165, 1.54) is 11.1 Å². The van der Waals surface area contributed by atoms with E-state index in [1.54, 1.807) is 12.1 Å². The van der Waals surface area contributed by atoms with E-state index in [9.17, 15) is 4.79 Å². The minimum atomic E-state index is 0.345. The number of hydrogen-bond acceptors (Lipinski definition) is 3. The highest BCUT2D eigenvalue weighted by atomic mass is 16.3. The van der Waals surface area contributed by atoms with E-state index in [0.29, 0.717) is 17.6 Å². The topological polar surface area (TPSA) is 57.5 Å². The number of benzene rings is 2. The fourth-order valence-corrected chi connectivity index (χ4v) is 2.31. The van der Waals surface area contributed by atoms with Crippen LogP contribution in [0.25, 0.3) is 0 Å². The molecule has 0 amide bonds. The van der Waals surface area contributed by atoms with E-state index in [4.69, 9.17) is 10.2 Å². The molecule has 0 bridgehead atoms. The average molecular weight is 344 g/mol. The first kappa shape index (κ1) is 22.9. The van der Waals surface area contributed by atoms with Crippen LogP contribution in [0.1, 0.15) is 49.2 Å². The Morgan fingerprint density at radius 1 is 0.760 bits per heavy atom. The number of carbonyl (C=O) groups is 1. The maximum absolute atomic E-state index is 10.3. The molecule has 0 heterocycles. The molecule has 0 radical (unpaired) electrons. The van der Waals surface area contributed by atoms with Gasteiger partial charge in [-0.05, 0) is 47.9 Å². The Morgan fingerprint density at radius 3 is 1.44 bits per heavy atom. The van der Waals surface area contributed by atoms with Crippen molar-refractivity contribution < 1.29 is 15.0 Å². The largest absolute Gasteiger partial charge is 0.508 e. The third-order valence-corrected chi connectivity index (χ3v) is 3.34. The van der Waals surface area contributed by atoms with Gasteiger partial charge in [-0.1, -0.05) is 64.1 Å². The van der Waals surface area contributed by atoms with E-state index in [0.717, 1.165) is 31.8 Å². The first-order valence-electron chi connectivity index (χ1n) is 8.67. The number of phenolic OH excluding ortho intramolecular Hbond substituents is 1. The van der Waals surface area contributed by atoms with Crippen LogP contribution in [0.5, 0.6) is 5.75 Å². The summed E-state index contributed by atoms with van der Waals surface area (Å²) in [6.45, 7) is 8.75. The minimum Gasteiger partial charge on any atom is -0.508 e. The van der Waals surface area contributed by atoms with Crippen molar-refractivity contribution in [2.45, 2.75) is 40.5 Å². The molecule has 0 atom stereocenters.